The minimum atomic E-state index is -3.73. The Kier molecular flexibility index (Phi) is 9.51. The summed E-state index contributed by atoms with van der Waals surface area (Å²) in [5.41, 5.74) is 2.13. The molecule has 1 atom stereocenters. The number of ether oxygens (including phenoxy) is 2. The molecule has 0 bridgehead atoms. The third-order valence-corrected chi connectivity index (χ3v) is 5.52. The zero-order chi connectivity index (χ0) is 28.6. The van der Waals surface area contributed by atoms with E-state index in [1.165, 1.54) is 13.0 Å². The standard InChI is InChI=1S/C30H34F2N2O5/c1-20(34-28(37)39-29(2,3)4)17-30(31,32)27(36)33-18-22-14-24(16-25(35)15-22)23-10-12-26(13-11-23)38-19-21-8-6-5-7-9-21/h5-16,20,35H,17-19H2,1-4H3,(H,33,36)(H,34,37). The van der Waals surface area contributed by atoms with Gasteiger partial charge in [0, 0.05) is 19.0 Å². The van der Waals surface area contributed by atoms with Gasteiger partial charge in [0.1, 0.15) is 23.7 Å². The molecule has 9 heteroatoms. The average molecular weight is 541 g/mol. The first-order chi connectivity index (χ1) is 18.3. The molecule has 1 unspecified atom stereocenters. The molecule has 2 amide bonds. The number of hydrogen-bond donors (Lipinski definition) is 3. The predicted octanol–water partition coefficient (Wildman–Crippen LogP) is 6.19. The molecule has 0 radical (unpaired) electrons. The van der Waals surface area contributed by atoms with E-state index >= 15 is 0 Å². The monoisotopic (exact) mass is 540 g/mol. The Labute approximate surface area is 227 Å². The Bertz CT molecular complexity index is 1260. The summed E-state index contributed by atoms with van der Waals surface area (Å²) < 4.78 is 39.9. The van der Waals surface area contributed by atoms with Crippen LogP contribution in [-0.2, 0) is 22.7 Å². The maximum absolute atomic E-state index is 14.5. The summed E-state index contributed by atoms with van der Waals surface area (Å²) in [6.07, 6.45) is -1.74. The molecule has 0 spiro atoms. The predicted molar refractivity (Wildman–Crippen MR) is 145 cm³/mol. The lowest BCUT2D eigenvalue weighted by atomic mass is 10.0. The number of benzene rings is 3. The van der Waals surface area contributed by atoms with Gasteiger partial charge in [0.15, 0.2) is 0 Å². The van der Waals surface area contributed by atoms with E-state index in [1.54, 1.807) is 45.0 Å². The summed E-state index contributed by atoms with van der Waals surface area (Å²) >= 11 is 0. The highest BCUT2D eigenvalue weighted by molar-refractivity contribution is 5.83. The average Bonchev–Trinajstić information content (AvgIpc) is 2.85. The third-order valence-electron chi connectivity index (χ3n) is 5.52. The van der Waals surface area contributed by atoms with Crippen LogP contribution < -0.4 is 15.4 Å². The summed E-state index contributed by atoms with van der Waals surface area (Å²) in [5.74, 6) is -4.61. The second-order valence-corrected chi connectivity index (χ2v) is 10.3. The Morgan fingerprint density at radius 1 is 0.923 bits per heavy atom. The van der Waals surface area contributed by atoms with Crippen molar-refractivity contribution in [2.24, 2.45) is 0 Å². The molecule has 208 valence electrons. The highest BCUT2D eigenvalue weighted by Gasteiger charge is 2.40. The molecule has 0 aliphatic heterocycles. The van der Waals surface area contributed by atoms with E-state index in [2.05, 4.69) is 10.6 Å². The van der Waals surface area contributed by atoms with Crippen molar-refractivity contribution in [3.05, 3.63) is 83.9 Å². The molecule has 0 saturated heterocycles. The van der Waals surface area contributed by atoms with Gasteiger partial charge in [0.25, 0.3) is 5.91 Å². The lowest BCUT2D eigenvalue weighted by Crippen LogP contribution is -2.46. The topological polar surface area (TPSA) is 96.9 Å². The number of carbonyl (C=O) groups is 2. The number of hydrogen-bond acceptors (Lipinski definition) is 5. The summed E-state index contributed by atoms with van der Waals surface area (Å²) in [6.45, 7) is 6.54. The Morgan fingerprint density at radius 3 is 2.23 bits per heavy atom. The number of phenols is 1. The molecule has 0 aliphatic rings. The number of alkyl halides is 2. The van der Waals surface area contributed by atoms with Crippen LogP contribution in [0.5, 0.6) is 11.5 Å². The quantitative estimate of drug-likeness (QED) is 0.285. The Hall–Kier alpha value is -4.14. The fourth-order valence-electron chi connectivity index (χ4n) is 3.78. The van der Waals surface area contributed by atoms with Gasteiger partial charge in [-0.25, -0.2) is 4.79 Å². The highest BCUT2D eigenvalue weighted by Crippen LogP contribution is 2.28. The largest absolute Gasteiger partial charge is 0.508 e. The van der Waals surface area contributed by atoms with Gasteiger partial charge in [-0.15, -0.1) is 0 Å². The number of amides is 2. The second-order valence-electron chi connectivity index (χ2n) is 10.3. The minimum absolute atomic E-state index is 0.0666. The van der Waals surface area contributed by atoms with Crippen LogP contribution in [0.1, 0.15) is 45.2 Å². The second kappa shape index (κ2) is 12.6. The third kappa shape index (κ3) is 9.59. The van der Waals surface area contributed by atoms with Gasteiger partial charge < -0.3 is 25.2 Å². The number of alkyl carbamates (subject to hydrolysis) is 1. The molecule has 3 aromatic carbocycles. The van der Waals surface area contributed by atoms with Crippen molar-refractivity contribution < 1.29 is 33.0 Å². The Morgan fingerprint density at radius 2 is 1.59 bits per heavy atom. The molecular formula is C30H34F2N2O5. The molecule has 3 rings (SSSR count). The molecule has 0 fully saturated rings. The molecule has 0 aliphatic carbocycles. The van der Waals surface area contributed by atoms with Crippen LogP contribution >= 0.6 is 0 Å². The summed E-state index contributed by atoms with van der Waals surface area (Å²) in [7, 11) is 0. The molecule has 3 N–H and O–H groups in total. The normalized spacial score (nSPS) is 12.4. The van der Waals surface area contributed by atoms with Crippen LogP contribution in [0, 0.1) is 0 Å². The zero-order valence-electron chi connectivity index (χ0n) is 22.5. The summed E-state index contributed by atoms with van der Waals surface area (Å²) in [6, 6.07) is 20.6. The van der Waals surface area contributed by atoms with Crippen molar-refractivity contribution in [1.82, 2.24) is 10.6 Å². The van der Waals surface area contributed by atoms with Crippen molar-refractivity contribution in [2.45, 2.75) is 64.8 Å². The fraction of sp³-hybridized carbons (Fsp3) is 0.333. The van der Waals surface area contributed by atoms with Crippen molar-refractivity contribution in [3.63, 3.8) is 0 Å². The van der Waals surface area contributed by atoms with E-state index in [0.717, 1.165) is 11.1 Å². The van der Waals surface area contributed by atoms with Crippen LogP contribution in [-0.4, -0.2) is 34.7 Å². The van der Waals surface area contributed by atoms with E-state index in [0.29, 0.717) is 23.5 Å². The van der Waals surface area contributed by atoms with Gasteiger partial charge in [-0.3, -0.25) is 4.79 Å². The number of rotatable bonds is 10. The fourth-order valence-corrected chi connectivity index (χ4v) is 3.78. The molecule has 3 aromatic rings. The molecule has 7 nitrogen and oxygen atoms in total. The first kappa shape index (κ1) is 29.4. The van der Waals surface area contributed by atoms with Gasteiger partial charge in [-0.05, 0) is 80.3 Å². The zero-order valence-corrected chi connectivity index (χ0v) is 22.5. The van der Waals surface area contributed by atoms with Gasteiger partial charge in [-0.2, -0.15) is 8.78 Å². The lowest BCUT2D eigenvalue weighted by molar-refractivity contribution is -0.147. The van der Waals surface area contributed by atoms with E-state index < -0.39 is 36.0 Å². The van der Waals surface area contributed by atoms with E-state index in [9.17, 15) is 23.5 Å². The van der Waals surface area contributed by atoms with Crippen molar-refractivity contribution in [2.75, 3.05) is 0 Å². The van der Waals surface area contributed by atoms with Crippen LogP contribution in [0.25, 0.3) is 11.1 Å². The maximum atomic E-state index is 14.5. The summed E-state index contributed by atoms with van der Waals surface area (Å²) in [4.78, 5) is 24.1. The number of halogens is 2. The molecule has 39 heavy (non-hydrogen) atoms. The van der Waals surface area contributed by atoms with Crippen molar-refractivity contribution >= 4 is 12.0 Å². The first-order valence-corrected chi connectivity index (χ1v) is 12.6. The smallest absolute Gasteiger partial charge is 0.407 e. The highest BCUT2D eigenvalue weighted by atomic mass is 19.3. The van der Waals surface area contributed by atoms with Crippen molar-refractivity contribution in [1.29, 1.82) is 0 Å². The number of phenolic OH excluding ortho intramolecular Hbond substituents is 1. The SMILES string of the molecule is CC(CC(F)(F)C(=O)NCc1cc(O)cc(-c2ccc(OCc3ccccc3)cc2)c1)NC(=O)OC(C)(C)C. The van der Waals surface area contributed by atoms with Crippen LogP contribution in [0.2, 0.25) is 0 Å². The van der Waals surface area contributed by atoms with E-state index in [1.807, 2.05) is 42.5 Å². The Balaban J connectivity index is 1.57. The lowest BCUT2D eigenvalue weighted by Gasteiger charge is -2.24. The molecule has 0 aromatic heterocycles. The molecule has 0 heterocycles. The first-order valence-electron chi connectivity index (χ1n) is 12.6. The maximum Gasteiger partial charge on any atom is 0.407 e. The molecular weight excluding hydrogens is 506 g/mol. The van der Waals surface area contributed by atoms with Crippen LogP contribution in [0.4, 0.5) is 13.6 Å². The number of nitrogens with one attached hydrogen (secondary N) is 2. The number of carbonyl (C=O) groups excluding carboxylic acids is 2. The summed E-state index contributed by atoms with van der Waals surface area (Å²) in [5, 5.41) is 14.7. The minimum Gasteiger partial charge on any atom is -0.508 e. The van der Waals surface area contributed by atoms with E-state index in [4.69, 9.17) is 9.47 Å². The van der Waals surface area contributed by atoms with Gasteiger partial charge in [-0.1, -0.05) is 42.5 Å². The number of aromatic hydroxyl groups is 1. The van der Waals surface area contributed by atoms with Gasteiger partial charge in [0.05, 0.1) is 0 Å². The van der Waals surface area contributed by atoms with Gasteiger partial charge >= 0.3 is 12.0 Å². The molecule has 0 saturated carbocycles. The van der Waals surface area contributed by atoms with Crippen molar-refractivity contribution in [3.8, 4) is 22.6 Å². The van der Waals surface area contributed by atoms with Crippen LogP contribution in [0.15, 0.2) is 72.8 Å². The van der Waals surface area contributed by atoms with Gasteiger partial charge in [0.2, 0.25) is 0 Å². The van der Waals surface area contributed by atoms with Crippen LogP contribution in [0.3, 0.4) is 0 Å². The van der Waals surface area contributed by atoms with E-state index in [-0.39, 0.29) is 12.3 Å².